The number of halogens is 3. The number of hydrogen-bond acceptors (Lipinski definition) is 4. The Morgan fingerprint density at radius 2 is 1.86 bits per heavy atom. The van der Waals surface area contributed by atoms with Gasteiger partial charge in [-0.15, -0.1) is 10.2 Å². The van der Waals surface area contributed by atoms with Gasteiger partial charge >= 0.3 is 6.18 Å². The van der Waals surface area contributed by atoms with E-state index in [-0.39, 0.29) is 0 Å². The average molecular weight is 312 g/mol. The lowest BCUT2D eigenvalue weighted by atomic mass is 10.1. The zero-order valence-electron chi connectivity index (χ0n) is 11.1. The van der Waals surface area contributed by atoms with E-state index in [1.165, 1.54) is 23.5 Å². The molecule has 0 aliphatic heterocycles. The van der Waals surface area contributed by atoms with Crippen LogP contribution in [0.4, 0.5) is 13.2 Å². The second-order valence-corrected chi connectivity index (χ2v) is 5.58. The molecule has 0 unspecified atom stereocenters. The van der Waals surface area contributed by atoms with Crippen LogP contribution in [0.5, 0.6) is 0 Å². The molecule has 2 aromatic heterocycles. The van der Waals surface area contributed by atoms with Gasteiger partial charge in [-0.25, -0.2) is 0 Å². The van der Waals surface area contributed by atoms with Gasteiger partial charge in [-0.3, -0.25) is 0 Å². The third-order valence-corrected chi connectivity index (χ3v) is 3.93. The third-order valence-electron chi connectivity index (χ3n) is 2.97. The molecule has 0 radical (unpaired) electrons. The first-order valence-corrected chi connectivity index (χ1v) is 7.19. The molecule has 0 amide bonds. The quantitative estimate of drug-likeness (QED) is 0.738. The molecule has 21 heavy (non-hydrogen) atoms. The predicted octanol–water partition coefficient (Wildman–Crippen LogP) is 3.82. The first-order chi connectivity index (χ1) is 9.99. The van der Waals surface area contributed by atoms with Crippen molar-refractivity contribution in [3.63, 3.8) is 0 Å². The maximum atomic E-state index is 12.6. The topological polar surface area (TPSA) is 43.1 Å². The smallest absolute Gasteiger partial charge is 0.183 e. The highest BCUT2D eigenvalue weighted by Gasteiger charge is 2.30. The van der Waals surface area contributed by atoms with Gasteiger partial charge in [-0.05, 0) is 18.6 Å². The monoisotopic (exact) mass is 312 g/mol. The van der Waals surface area contributed by atoms with E-state index < -0.39 is 11.7 Å². The molecule has 0 fully saturated rings. The second kappa shape index (κ2) is 5.10. The largest absolute Gasteiger partial charge is 0.416 e. The normalized spacial score (nSPS) is 12.2. The molecule has 1 aromatic carbocycles. The molecule has 0 aliphatic carbocycles. The van der Waals surface area contributed by atoms with E-state index in [4.69, 9.17) is 0 Å². The zero-order valence-corrected chi connectivity index (χ0v) is 11.9. The lowest BCUT2D eigenvalue weighted by Crippen LogP contribution is -2.04. The summed E-state index contributed by atoms with van der Waals surface area (Å²) in [5.74, 6) is 0.456. The number of alkyl halides is 3. The number of nitrogens with zero attached hydrogens (tertiary/aromatic N) is 4. The van der Waals surface area contributed by atoms with Crippen LogP contribution in [0, 0.1) is 0 Å². The van der Waals surface area contributed by atoms with Crippen molar-refractivity contribution >= 4 is 16.3 Å². The van der Waals surface area contributed by atoms with Gasteiger partial charge < -0.3 is 0 Å². The zero-order chi connectivity index (χ0) is 15.0. The molecule has 0 aliphatic rings. The van der Waals surface area contributed by atoms with Crippen LogP contribution in [0.25, 0.3) is 16.3 Å². The fourth-order valence-electron chi connectivity index (χ4n) is 1.96. The van der Waals surface area contributed by atoms with Crippen molar-refractivity contribution < 1.29 is 13.2 Å². The fourth-order valence-corrected chi connectivity index (χ4v) is 2.89. The highest BCUT2D eigenvalue weighted by molar-refractivity contribution is 7.16. The molecule has 0 saturated heterocycles. The Bertz CT molecular complexity index is 758. The Morgan fingerprint density at radius 3 is 2.48 bits per heavy atom. The van der Waals surface area contributed by atoms with Crippen molar-refractivity contribution in [1.29, 1.82) is 0 Å². The number of rotatable bonds is 3. The minimum Gasteiger partial charge on any atom is -0.183 e. The van der Waals surface area contributed by atoms with Crippen molar-refractivity contribution in [3.05, 3.63) is 34.8 Å². The number of hydrogen-bond donors (Lipinski definition) is 0. The Morgan fingerprint density at radius 1 is 1.14 bits per heavy atom. The summed E-state index contributed by atoms with van der Waals surface area (Å²) in [5.41, 5.74) is -0.124. The highest BCUT2D eigenvalue weighted by atomic mass is 32.1. The molecular formula is C13H11F3N4S. The van der Waals surface area contributed by atoms with Crippen molar-refractivity contribution in [2.24, 2.45) is 0 Å². The van der Waals surface area contributed by atoms with Crippen LogP contribution in [0.2, 0.25) is 0 Å². The van der Waals surface area contributed by atoms with Gasteiger partial charge in [0.25, 0.3) is 0 Å². The third kappa shape index (κ3) is 2.63. The molecular weight excluding hydrogens is 301 g/mol. The van der Waals surface area contributed by atoms with Crippen LogP contribution in [0.15, 0.2) is 24.3 Å². The minimum atomic E-state index is -4.34. The first-order valence-electron chi connectivity index (χ1n) is 6.38. The summed E-state index contributed by atoms with van der Waals surface area (Å²) in [4.78, 5) is 0.647. The molecule has 0 N–H and O–H groups in total. The maximum Gasteiger partial charge on any atom is 0.416 e. The maximum absolute atomic E-state index is 12.6. The van der Waals surface area contributed by atoms with E-state index in [0.717, 1.165) is 30.0 Å². The summed E-state index contributed by atoms with van der Waals surface area (Å²) in [5, 5.41) is 13.4. The van der Waals surface area contributed by atoms with Crippen LogP contribution in [0.3, 0.4) is 0 Å². The lowest BCUT2D eigenvalue weighted by Gasteiger charge is -2.06. The summed E-state index contributed by atoms with van der Waals surface area (Å²) in [6.07, 6.45) is -2.52. The molecule has 2 heterocycles. The van der Waals surface area contributed by atoms with Crippen LogP contribution in [0.1, 0.15) is 23.9 Å². The van der Waals surface area contributed by atoms with Crippen molar-refractivity contribution in [2.45, 2.75) is 25.9 Å². The molecule has 4 nitrogen and oxygen atoms in total. The molecule has 0 spiro atoms. The standard InChI is InChI=1S/C13H11F3N4S/c1-2-3-10-19-20-11(17-18-12(20)21-10)8-4-6-9(7-5-8)13(14,15)16/h4-7H,2-3H2,1H3. The van der Waals surface area contributed by atoms with Gasteiger partial charge in [0.05, 0.1) is 5.56 Å². The Hall–Kier alpha value is -1.96. The average Bonchev–Trinajstić information content (AvgIpc) is 2.98. The van der Waals surface area contributed by atoms with Crippen LogP contribution in [-0.4, -0.2) is 19.8 Å². The Labute approximate surface area is 122 Å². The summed E-state index contributed by atoms with van der Waals surface area (Å²) in [6.45, 7) is 2.05. The van der Waals surface area contributed by atoms with E-state index in [1.54, 1.807) is 4.52 Å². The van der Waals surface area contributed by atoms with E-state index in [9.17, 15) is 13.2 Å². The van der Waals surface area contributed by atoms with Crippen LogP contribution < -0.4 is 0 Å². The van der Waals surface area contributed by atoms with E-state index in [0.29, 0.717) is 16.3 Å². The van der Waals surface area contributed by atoms with Crippen LogP contribution >= 0.6 is 11.3 Å². The molecule has 0 atom stereocenters. The lowest BCUT2D eigenvalue weighted by molar-refractivity contribution is -0.137. The highest BCUT2D eigenvalue weighted by Crippen LogP contribution is 2.31. The number of fused-ring (bicyclic) bond motifs is 1. The Balaban J connectivity index is 2.00. The molecule has 3 rings (SSSR count). The van der Waals surface area contributed by atoms with Crippen molar-refractivity contribution in [3.8, 4) is 11.4 Å². The van der Waals surface area contributed by atoms with Gasteiger partial charge in [0.1, 0.15) is 5.01 Å². The van der Waals surface area contributed by atoms with Gasteiger partial charge in [0.15, 0.2) is 5.82 Å². The predicted molar refractivity (Wildman–Crippen MR) is 73.1 cm³/mol. The SMILES string of the molecule is CCCc1nn2c(-c3ccc(C(F)(F)F)cc3)nnc2s1. The van der Waals surface area contributed by atoms with E-state index in [1.807, 2.05) is 0 Å². The summed E-state index contributed by atoms with van der Waals surface area (Å²) >= 11 is 1.44. The minimum absolute atomic E-state index is 0.456. The van der Waals surface area contributed by atoms with Gasteiger partial charge in [0.2, 0.25) is 4.96 Å². The summed E-state index contributed by atoms with van der Waals surface area (Å²) in [6, 6.07) is 4.85. The molecule has 0 saturated carbocycles. The molecule has 3 aromatic rings. The summed E-state index contributed by atoms with van der Waals surface area (Å²) < 4.78 is 39.3. The number of benzene rings is 1. The molecule has 8 heteroatoms. The number of aromatic nitrogens is 4. The van der Waals surface area contributed by atoms with E-state index >= 15 is 0 Å². The fraction of sp³-hybridized carbons (Fsp3) is 0.308. The number of aryl methyl sites for hydroxylation is 1. The van der Waals surface area contributed by atoms with Gasteiger partial charge in [-0.2, -0.15) is 22.8 Å². The van der Waals surface area contributed by atoms with Crippen molar-refractivity contribution in [1.82, 2.24) is 19.8 Å². The van der Waals surface area contributed by atoms with Crippen LogP contribution in [-0.2, 0) is 12.6 Å². The van der Waals surface area contributed by atoms with Gasteiger partial charge in [-0.1, -0.05) is 30.4 Å². The second-order valence-electron chi connectivity index (χ2n) is 4.54. The van der Waals surface area contributed by atoms with Gasteiger partial charge in [0, 0.05) is 12.0 Å². The van der Waals surface area contributed by atoms with Crippen molar-refractivity contribution in [2.75, 3.05) is 0 Å². The summed E-state index contributed by atoms with van der Waals surface area (Å²) in [7, 11) is 0. The van der Waals surface area contributed by atoms with E-state index in [2.05, 4.69) is 22.2 Å². The first kappa shape index (κ1) is 14.0. The molecule has 110 valence electrons. The molecule has 0 bridgehead atoms. The Kier molecular flexibility index (Phi) is 3.40.